The molecule has 0 unspecified atom stereocenters. The number of sulfone groups is 1. The first-order valence-electron chi connectivity index (χ1n) is 5.77. The summed E-state index contributed by atoms with van der Waals surface area (Å²) in [5.74, 6) is 0.917. The van der Waals surface area contributed by atoms with Crippen molar-refractivity contribution in [3.8, 4) is 0 Å². The topological polar surface area (TPSA) is 79.8 Å². The largest absolute Gasteiger partial charge is 0.383 e. The van der Waals surface area contributed by atoms with Crippen LogP contribution >= 0.6 is 0 Å². The van der Waals surface area contributed by atoms with Gasteiger partial charge in [-0.05, 0) is 6.92 Å². The summed E-state index contributed by atoms with van der Waals surface area (Å²) in [5.41, 5.74) is 0. The lowest BCUT2D eigenvalue weighted by atomic mass is 10.6. The Balaban J connectivity index is 4.04. The molecule has 0 fully saturated rings. The van der Waals surface area contributed by atoms with Gasteiger partial charge >= 0.3 is 0 Å². The molecule has 0 radical (unpaired) electrons. The molecule has 0 aliphatic rings. The van der Waals surface area contributed by atoms with Gasteiger partial charge in [0.1, 0.15) is 0 Å². The van der Waals surface area contributed by atoms with Crippen molar-refractivity contribution >= 4 is 15.8 Å². The first-order valence-corrected chi connectivity index (χ1v) is 7.59. The molecule has 7 heteroatoms. The molecule has 0 aliphatic carbocycles. The van der Waals surface area contributed by atoms with Crippen LogP contribution in [-0.4, -0.2) is 59.2 Å². The maximum absolute atomic E-state index is 11.3. The van der Waals surface area contributed by atoms with Crippen molar-refractivity contribution in [3.63, 3.8) is 0 Å². The highest BCUT2D eigenvalue weighted by Gasteiger charge is 2.06. The molecule has 0 spiro atoms. The average molecular weight is 265 g/mol. The molecule has 17 heavy (non-hydrogen) atoms. The lowest BCUT2D eigenvalue weighted by Crippen LogP contribution is -2.40. The van der Waals surface area contributed by atoms with Crippen molar-refractivity contribution in [2.45, 2.75) is 13.8 Å². The van der Waals surface area contributed by atoms with Crippen LogP contribution in [0.2, 0.25) is 0 Å². The van der Waals surface area contributed by atoms with Crippen LogP contribution in [0, 0.1) is 0 Å². The maximum Gasteiger partial charge on any atom is 0.191 e. The highest BCUT2D eigenvalue weighted by atomic mass is 32.2. The Kier molecular flexibility index (Phi) is 8.79. The molecule has 0 aliphatic heterocycles. The van der Waals surface area contributed by atoms with Crippen molar-refractivity contribution in [2.75, 3.05) is 44.9 Å². The van der Waals surface area contributed by atoms with Crippen LogP contribution in [0.25, 0.3) is 0 Å². The van der Waals surface area contributed by atoms with E-state index in [1.807, 2.05) is 6.92 Å². The zero-order chi connectivity index (χ0) is 13.1. The second kappa shape index (κ2) is 9.23. The van der Waals surface area contributed by atoms with Gasteiger partial charge in [-0.15, -0.1) is 0 Å². The summed E-state index contributed by atoms with van der Waals surface area (Å²) in [5, 5.41) is 6.01. The van der Waals surface area contributed by atoms with E-state index in [0.29, 0.717) is 25.7 Å². The van der Waals surface area contributed by atoms with E-state index in [9.17, 15) is 8.42 Å². The third-order valence-corrected chi connectivity index (χ3v) is 3.76. The molecule has 0 aromatic rings. The summed E-state index contributed by atoms with van der Waals surface area (Å²) in [6.45, 7) is 5.80. The summed E-state index contributed by atoms with van der Waals surface area (Å²) in [4.78, 5) is 4.22. The Morgan fingerprint density at radius 3 is 2.53 bits per heavy atom. The quantitative estimate of drug-likeness (QED) is 0.355. The molecule has 0 amide bonds. The predicted octanol–water partition coefficient (Wildman–Crippen LogP) is -0.377. The fourth-order valence-corrected chi connectivity index (χ4v) is 1.76. The Bertz CT molecular complexity index is 315. The molecule has 102 valence electrons. The maximum atomic E-state index is 11.3. The predicted molar refractivity (Wildman–Crippen MR) is 70.2 cm³/mol. The zero-order valence-corrected chi connectivity index (χ0v) is 11.6. The van der Waals surface area contributed by atoms with E-state index in [1.54, 1.807) is 14.0 Å². The number of nitrogens with one attached hydrogen (secondary N) is 2. The van der Waals surface area contributed by atoms with E-state index in [2.05, 4.69) is 15.6 Å². The molecular formula is C10H23N3O3S. The van der Waals surface area contributed by atoms with Gasteiger partial charge in [0.2, 0.25) is 0 Å². The second-order valence-corrected chi connectivity index (χ2v) is 5.89. The molecule has 0 bridgehead atoms. The van der Waals surface area contributed by atoms with Gasteiger partial charge in [-0.3, -0.25) is 4.99 Å². The zero-order valence-electron chi connectivity index (χ0n) is 10.8. The van der Waals surface area contributed by atoms with Crippen LogP contribution in [0.15, 0.2) is 4.99 Å². The Morgan fingerprint density at radius 1 is 1.29 bits per heavy atom. The number of aliphatic imine (C=N–C) groups is 1. The summed E-state index contributed by atoms with van der Waals surface area (Å²) in [6.07, 6.45) is 0. The van der Waals surface area contributed by atoms with E-state index in [1.165, 1.54) is 0 Å². The van der Waals surface area contributed by atoms with Gasteiger partial charge in [-0.25, -0.2) is 8.42 Å². The normalized spacial score (nSPS) is 12.5. The molecule has 0 aromatic heterocycles. The van der Waals surface area contributed by atoms with Crippen LogP contribution < -0.4 is 10.6 Å². The van der Waals surface area contributed by atoms with Crippen LogP contribution in [0.1, 0.15) is 13.8 Å². The van der Waals surface area contributed by atoms with Gasteiger partial charge in [0, 0.05) is 26.0 Å². The minimum atomic E-state index is -2.93. The number of methoxy groups -OCH3 is 1. The monoisotopic (exact) mass is 265 g/mol. The number of ether oxygens (including phenoxy) is 1. The minimum Gasteiger partial charge on any atom is -0.383 e. The van der Waals surface area contributed by atoms with Gasteiger partial charge in [0.25, 0.3) is 0 Å². The Hall–Kier alpha value is -0.820. The van der Waals surface area contributed by atoms with E-state index in [-0.39, 0.29) is 11.5 Å². The Morgan fingerprint density at radius 2 is 2.00 bits per heavy atom. The van der Waals surface area contributed by atoms with E-state index < -0.39 is 9.84 Å². The van der Waals surface area contributed by atoms with Crippen LogP contribution in [0.4, 0.5) is 0 Å². The van der Waals surface area contributed by atoms with Crippen LogP contribution in [0.3, 0.4) is 0 Å². The number of nitrogens with zero attached hydrogens (tertiary/aromatic N) is 1. The first kappa shape index (κ1) is 16.2. The summed E-state index contributed by atoms with van der Waals surface area (Å²) < 4.78 is 27.4. The number of hydrogen-bond acceptors (Lipinski definition) is 4. The fourth-order valence-electron chi connectivity index (χ4n) is 1.06. The molecule has 0 saturated carbocycles. The molecule has 2 N–H and O–H groups in total. The summed E-state index contributed by atoms with van der Waals surface area (Å²) in [6, 6.07) is 0. The lowest BCUT2D eigenvalue weighted by Gasteiger charge is -2.10. The number of rotatable bonds is 8. The molecular weight excluding hydrogens is 242 g/mol. The average Bonchev–Trinajstić information content (AvgIpc) is 2.29. The van der Waals surface area contributed by atoms with Crippen molar-refractivity contribution in [1.82, 2.24) is 10.6 Å². The molecule has 0 heterocycles. The van der Waals surface area contributed by atoms with E-state index >= 15 is 0 Å². The highest BCUT2D eigenvalue weighted by molar-refractivity contribution is 7.91. The van der Waals surface area contributed by atoms with Crippen molar-refractivity contribution in [1.29, 1.82) is 0 Å². The van der Waals surface area contributed by atoms with Gasteiger partial charge in [-0.2, -0.15) is 0 Å². The van der Waals surface area contributed by atoms with Crippen molar-refractivity contribution < 1.29 is 13.2 Å². The van der Waals surface area contributed by atoms with Gasteiger partial charge in [-0.1, -0.05) is 6.92 Å². The lowest BCUT2D eigenvalue weighted by molar-refractivity contribution is 0.208. The smallest absolute Gasteiger partial charge is 0.191 e. The molecule has 0 rings (SSSR count). The van der Waals surface area contributed by atoms with Crippen molar-refractivity contribution in [2.24, 2.45) is 4.99 Å². The minimum absolute atomic E-state index is 0.123. The first-order chi connectivity index (χ1) is 8.05. The Labute approximate surface area is 104 Å². The molecule has 0 atom stereocenters. The third-order valence-electron chi connectivity index (χ3n) is 2.05. The SMILES string of the molecule is CCNC(=NCCOC)NCCS(=O)(=O)CC. The van der Waals surface area contributed by atoms with Gasteiger partial charge < -0.3 is 15.4 Å². The van der Waals surface area contributed by atoms with Gasteiger partial charge in [0.05, 0.1) is 18.9 Å². The molecule has 6 nitrogen and oxygen atoms in total. The van der Waals surface area contributed by atoms with Crippen molar-refractivity contribution in [3.05, 3.63) is 0 Å². The highest BCUT2D eigenvalue weighted by Crippen LogP contribution is 1.87. The standard InChI is InChI=1S/C10H23N3O3S/c1-4-11-10(12-6-8-16-3)13-7-9-17(14,15)5-2/h4-9H2,1-3H3,(H2,11,12,13). The summed E-state index contributed by atoms with van der Waals surface area (Å²) >= 11 is 0. The molecule has 0 saturated heterocycles. The number of hydrogen-bond donors (Lipinski definition) is 2. The van der Waals surface area contributed by atoms with E-state index in [0.717, 1.165) is 6.54 Å². The van der Waals surface area contributed by atoms with Gasteiger partial charge in [0.15, 0.2) is 15.8 Å². The summed E-state index contributed by atoms with van der Waals surface area (Å²) in [7, 11) is -1.31. The van der Waals surface area contributed by atoms with Crippen LogP contribution in [-0.2, 0) is 14.6 Å². The van der Waals surface area contributed by atoms with E-state index in [4.69, 9.17) is 4.74 Å². The second-order valence-electron chi connectivity index (χ2n) is 3.42. The molecule has 0 aromatic carbocycles. The fraction of sp³-hybridized carbons (Fsp3) is 0.900. The number of guanidine groups is 1. The third kappa shape index (κ3) is 8.93. The van der Waals surface area contributed by atoms with Crippen LogP contribution in [0.5, 0.6) is 0 Å².